The van der Waals surface area contributed by atoms with Crippen LogP contribution in [0, 0.1) is 5.92 Å². The van der Waals surface area contributed by atoms with Crippen molar-refractivity contribution in [2.45, 2.75) is 24.9 Å². The Labute approximate surface area is 189 Å². The van der Waals surface area contributed by atoms with Gasteiger partial charge < -0.3 is 9.47 Å². The van der Waals surface area contributed by atoms with E-state index in [0.29, 0.717) is 21.7 Å². The molecule has 0 saturated heterocycles. The number of thiazole rings is 1. The molecular weight excluding hydrogens is 457 g/mol. The van der Waals surface area contributed by atoms with Crippen LogP contribution >= 0.6 is 11.3 Å². The van der Waals surface area contributed by atoms with Crippen LogP contribution in [0.4, 0.5) is 13.2 Å². The average molecular weight is 474 g/mol. The highest BCUT2D eigenvalue weighted by molar-refractivity contribution is 7.07. The number of benzene rings is 2. The number of alkyl halides is 3. The van der Waals surface area contributed by atoms with Gasteiger partial charge >= 0.3 is 12.1 Å². The summed E-state index contributed by atoms with van der Waals surface area (Å²) in [6.45, 7) is 1.67. The maximum atomic E-state index is 13.4. The lowest BCUT2D eigenvalue weighted by Gasteiger charge is -2.44. The number of esters is 1. The number of methoxy groups -OCH3 is 1. The van der Waals surface area contributed by atoms with Crippen LogP contribution in [0.1, 0.15) is 29.7 Å². The molecule has 0 N–H and O–H groups in total. The minimum Gasteiger partial charge on any atom is -0.469 e. The summed E-state index contributed by atoms with van der Waals surface area (Å²) in [5, 5.41) is 0. The summed E-state index contributed by atoms with van der Waals surface area (Å²) in [7, 11) is 1.27. The number of carbonyl (C=O) groups excluding carboxylic acids is 1. The summed E-state index contributed by atoms with van der Waals surface area (Å²) < 4.78 is 51.4. The molecule has 0 fully saturated rings. The molecule has 170 valence electrons. The van der Waals surface area contributed by atoms with Crippen molar-refractivity contribution in [2.24, 2.45) is 10.9 Å². The number of aromatic nitrogens is 1. The van der Waals surface area contributed by atoms with Gasteiger partial charge in [-0.25, -0.2) is 4.99 Å². The molecule has 1 aromatic heterocycles. The molecule has 33 heavy (non-hydrogen) atoms. The smallest absolute Gasteiger partial charge is 0.416 e. The van der Waals surface area contributed by atoms with Crippen LogP contribution in [0.25, 0.3) is 6.08 Å². The maximum absolute atomic E-state index is 13.4. The summed E-state index contributed by atoms with van der Waals surface area (Å²) in [6.07, 6.45) is -2.93. The molecule has 5 rings (SSSR count). The highest BCUT2D eigenvalue weighted by Gasteiger charge is 2.55. The van der Waals surface area contributed by atoms with E-state index in [2.05, 4.69) is 4.99 Å². The van der Waals surface area contributed by atoms with Crippen LogP contribution in [-0.4, -0.2) is 23.4 Å². The molecule has 2 aliphatic rings. The summed E-state index contributed by atoms with van der Waals surface area (Å²) in [4.78, 5) is 31.1. The van der Waals surface area contributed by atoms with Gasteiger partial charge in [0.1, 0.15) is 11.7 Å². The highest BCUT2D eigenvalue weighted by Crippen LogP contribution is 2.47. The van der Waals surface area contributed by atoms with Crippen LogP contribution in [0.3, 0.4) is 0 Å². The lowest BCUT2D eigenvalue weighted by molar-refractivity contribution is -0.158. The Hall–Kier alpha value is -3.40. The van der Waals surface area contributed by atoms with Crippen molar-refractivity contribution in [1.82, 2.24) is 4.57 Å². The van der Waals surface area contributed by atoms with E-state index in [4.69, 9.17) is 9.47 Å². The zero-order valence-corrected chi connectivity index (χ0v) is 18.2. The first kappa shape index (κ1) is 21.4. The van der Waals surface area contributed by atoms with E-state index in [1.54, 1.807) is 31.2 Å². The van der Waals surface area contributed by atoms with Crippen molar-refractivity contribution < 1.29 is 27.4 Å². The molecule has 0 aliphatic carbocycles. The van der Waals surface area contributed by atoms with Crippen LogP contribution in [0.5, 0.6) is 5.75 Å². The van der Waals surface area contributed by atoms with Gasteiger partial charge in [-0.3, -0.25) is 14.2 Å². The number of ether oxygens (including phenoxy) is 2. The summed E-state index contributed by atoms with van der Waals surface area (Å²) in [5.41, 5.74) is -1.35. The quantitative estimate of drug-likeness (QED) is 0.536. The van der Waals surface area contributed by atoms with Gasteiger partial charge in [0.15, 0.2) is 4.80 Å². The van der Waals surface area contributed by atoms with Gasteiger partial charge in [-0.15, -0.1) is 0 Å². The number of hydrogen-bond donors (Lipinski definition) is 0. The molecule has 0 radical (unpaired) electrons. The van der Waals surface area contributed by atoms with Crippen molar-refractivity contribution in [2.75, 3.05) is 7.11 Å². The summed E-state index contributed by atoms with van der Waals surface area (Å²) >= 11 is 1.09. The predicted molar refractivity (Wildman–Crippen MR) is 113 cm³/mol. The third kappa shape index (κ3) is 3.36. The molecule has 2 aromatic carbocycles. The second-order valence-electron chi connectivity index (χ2n) is 7.94. The second-order valence-corrected chi connectivity index (χ2v) is 8.95. The molecule has 0 saturated carbocycles. The molecule has 2 bridgehead atoms. The van der Waals surface area contributed by atoms with Gasteiger partial charge in [0, 0.05) is 5.56 Å². The first-order valence-corrected chi connectivity index (χ1v) is 10.8. The van der Waals surface area contributed by atoms with E-state index < -0.39 is 41.0 Å². The average Bonchev–Trinajstić information content (AvgIpc) is 3.06. The van der Waals surface area contributed by atoms with Crippen molar-refractivity contribution in [3.05, 3.63) is 84.9 Å². The van der Waals surface area contributed by atoms with E-state index in [0.717, 1.165) is 23.5 Å². The normalized spacial score (nSPS) is 23.7. The van der Waals surface area contributed by atoms with Crippen LogP contribution in [-0.2, 0) is 15.7 Å². The Kier molecular flexibility index (Phi) is 4.75. The molecule has 2 aliphatic heterocycles. The summed E-state index contributed by atoms with van der Waals surface area (Å²) in [6, 6.07) is 11.0. The summed E-state index contributed by atoms with van der Waals surface area (Å²) in [5.74, 6) is -0.931. The van der Waals surface area contributed by atoms with Crippen molar-refractivity contribution in [3.8, 4) is 5.75 Å². The number of fused-ring (bicyclic) bond motifs is 6. The fraction of sp³-hybridized carbons (Fsp3) is 0.261. The second kappa shape index (κ2) is 7.31. The first-order chi connectivity index (χ1) is 15.6. The Morgan fingerprint density at radius 3 is 2.58 bits per heavy atom. The molecule has 3 aromatic rings. The largest absolute Gasteiger partial charge is 0.469 e. The van der Waals surface area contributed by atoms with E-state index in [-0.39, 0.29) is 4.53 Å². The van der Waals surface area contributed by atoms with Crippen LogP contribution < -0.4 is 19.6 Å². The number of halogens is 3. The number of carbonyl (C=O) groups is 1. The lowest BCUT2D eigenvalue weighted by Crippen LogP contribution is -2.58. The van der Waals surface area contributed by atoms with Gasteiger partial charge in [-0.1, -0.05) is 41.7 Å². The number of rotatable bonds is 2. The van der Waals surface area contributed by atoms with E-state index in [9.17, 15) is 22.8 Å². The Morgan fingerprint density at radius 2 is 1.91 bits per heavy atom. The molecule has 3 unspecified atom stereocenters. The minimum atomic E-state index is -4.44. The zero-order chi connectivity index (χ0) is 23.5. The molecule has 3 heterocycles. The lowest BCUT2D eigenvalue weighted by atomic mass is 9.81. The number of nitrogens with zero attached hydrogens (tertiary/aromatic N) is 2. The molecular formula is C23H17F3N2O4S. The topological polar surface area (TPSA) is 69.9 Å². The standard InChI is InChI=1S/C23H17F3N2O4S/c1-22-17(20(30)31-2)18(14-5-3-4-6-15(14)32-22)28-19(29)16(33-21(28)27-22)11-12-7-9-13(10-8-12)23(24,25)26/h3-11,17-18H,1-2H3/b16-11+. The maximum Gasteiger partial charge on any atom is 0.416 e. The Morgan fingerprint density at radius 1 is 1.21 bits per heavy atom. The zero-order valence-electron chi connectivity index (χ0n) is 17.4. The fourth-order valence-corrected chi connectivity index (χ4v) is 5.45. The van der Waals surface area contributed by atoms with E-state index in [1.807, 2.05) is 0 Å². The van der Waals surface area contributed by atoms with Gasteiger partial charge in [0.2, 0.25) is 5.72 Å². The molecule has 0 amide bonds. The van der Waals surface area contributed by atoms with Crippen molar-refractivity contribution in [1.29, 1.82) is 0 Å². The predicted octanol–water partition coefficient (Wildman–Crippen LogP) is 2.88. The number of para-hydroxylation sites is 1. The van der Waals surface area contributed by atoms with Gasteiger partial charge in [0.25, 0.3) is 5.56 Å². The van der Waals surface area contributed by atoms with E-state index in [1.165, 1.54) is 29.9 Å². The molecule has 3 atom stereocenters. The van der Waals surface area contributed by atoms with Crippen molar-refractivity contribution in [3.63, 3.8) is 0 Å². The van der Waals surface area contributed by atoms with Crippen molar-refractivity contribution >= 4 is 23.4 Å². The Balaban J connectivity index is 1.71. The van der Waals surface area contributed by atoms with Gasteiger partial charge in [-0.05, 0) is 36.8 Å². The van der Waals surface area contributed by atoms with Crippen LogP contribution in [0.15, 0.2) is 58.3 Å². The van der Waals surface area contributed by atoms with Crippen LogP contribution in [0.2, 0.25) is 0 Å². The molecule has 10 heteroatoms. The highest BCUT2D eigenvalue weighted by atomic mass is 32.1. The SMILES string of the molecule is COC(=O)C1C2c3ccccc3OC1(C)N=c1s/c(=C/c3ccc(C(F)(F)F)cc3)c(=O)n12. The van der Waals surface area contributed by atoms with E-state index >= 15 is 0 Å². The molecule has 6 nitrogen and oxygen atoms in total. The van der Waals surface area contributed by atoms with Gasteiger partial charge in [0.05, 0.1) is 23.2 Å². The van der Waals surface area contributed by atoms with Gasteiger partial charge in [-0.2, -0.15) is 13.2 Å². The fourth-order valence-electron chi connectivity index (χ4n) is 4.35. The Bertz CT molecular complexity index is 1440. The third-order valence-electron chi connectivity index (χ3n) is 5.87. The number of hydrogen-bond acceptors (Lipinski definition) is 6. The molecule has 0 spiro atoms. The third-order valence-corrected chi connectivity index (χ3v) is 6.85. The first-order valence-electron chi connectivity index (χ1n) is 9.98. The monoisotopic (exact) mass is 474 g/mol. The minimum absolute atomic E-state index is 0.283.